The highest BCUT2D eigenvalue weighted by Gasteiger charge is 2.19. The predicted molar refractivity (Wildman–Crippen MR) is 103 cm³/mol. The summed E-state index contributed by atoms with van der Waals surface area (Å²) in [5, 5.41) is 18.0. The first kappa shape index (κ1) is 23.1. The summed E-state index contributed by atoms with van der Waals surface area (Å²) < 4.78 is 9.71. The van der Waals surface area contributed by atoms with E-state index in [1.165, 1.54) is 48.5 Å². The fourth-order valence-electron chi connectivity index (χ4n) is 1.90. The SMILES string of the molecule is CC=CC.O=C(CC(=O)Oc1ccccc1C(=O)O)Oc1ccccc1C(=O)O. The van der Waals surface area contributed by atoms with Gasteiger partial charge in [0.2, 0.25) is 0 Å². The van der Waals surface area contributed by atoms with Gasteiger partial charge in [0.25, 0.3) is 0 Å². The van der Waals surface area contributed by atoms with Crippen molar-refractivity contribution < 1.29 is 38.9 Å². The maximum atomic E-state index is 11.8. The Morgan fingerprint density at radius 3 is 1.38 bits per heavy atom. The molecule has 29 heavy (non-hydrogen) atoms. The third kappa shape index (κ3) is 7.67. The Morgan fingerprint density at radius 1 is 0.724 bits per heavy atom. The topological polar surface area (TPSA) is 127 Å². The van der Waals surface area contributed by atoms with Crippen LogP contribution in [0.2, 0.25) is 0 Å². The second-order valence-electron chi connectivity index (χ2n) is 5.39. The van der Waals surface area contributed by atoms with Crippen molar-refractivity contribution in [3.63, 3.8) is 0 Å². The Balaban J connectivity index is 0.000000960. The Bertz CT molecular complexity index is 841. The Hall–Kier alpha value is -3.94. The average Bonchev–Trinajstić information content (AvgIpc) is 2.68. The monoisotopic (exact) mass is 400 g/mol. The largest absolute Gasteiger partial charge is 0.478 e. The van der Waals surface area contributed by atoms with Gasteiger partial charge in [0, 0.05) is 0 Å². The maximum absolute atomic E-state index is 11.8. The number of rotatable bonds is 6. The first-order valence-electron chi connectivity index (χ1n) is 8.43. The van der Waals surface area contributed by atoms with E-state index in [0.29, 0.717) is 0 Å². The van der Waals surface area contributed by atoms with Gasteiger partial charge in [0.15, 0.2) is 0 Å². The summed E-state index contributed by atoms with van der Waals surface area (Å²) in [5.41, 5.74) is -0.471. The highest BCUT2D eigenvalue weighted by Crippen LogP contribution is 2.20. The summed E-state index contributed by atoms with van der Waals surface area (Å²) >= 11 is 0. The van der Waals surface area contributed by atoms with Crippen molar-refractivity contribution in [2.75, 3.05) is 0 Å². The second kappa shape index (κ2) is 11.7. The zero-order valence-corrected chi connectivity index (χ0v) is 15.8. The molecule has 2 aromatic carbocycles. The third-order valence-corrected chi connectivity index (χ3v) is 3.30. The summed E-state index contributed by atoms with van der Waals surface area (Å²) in [7, 11) is 0. The van der Waals surface area contributed by atoms with Gasteiger partial charge in [-0.2, -0.15) is 0 Å². The standard InChI is InChI=1S/C17H12O8.C4H8/c18-14(24-12-7-3-1-5-10(12)16(20)21)9-15(19)25-13-8-4-2-6-11(13)17(22)23;1-3-4-2/h1-8H,9H2,(H,20,21)(H,22,23);3-4H,1-2H3. The molecule has 8 heteroatoms. The van der Waals surface area contributed by atoms with Crippen molar-refractivity contribution in [3.8, 4) is 11.5 Å². The van der Waals surface area contributed by atoms with Gasteiger partial charge in [0.05, 0.1) is 0 Å². The van der Waals surface area contributed by atoms with Crippen molar-refractivity contribution >= 4 is 23.9 Å². The van der Waals surface area contributed by atoms with Crippen LogP contribution in [0.25, 0.3) is 0 Å². The first-order valence-corrected chi connectivity index (χ1v) is 8.43. The zero-order valence-electron chi connectivity index (χ0n) is 15.8. The number of hydrogen-bond acceptors (Lipinski definition) is 6. The molecule has 0 aromatic heterocycles. The Morgan fingerprint density at radius 2 is 1.07 bits per heavy atom. The average molecular weight is 400 g/mol. The Labute approximate surface area is 167 Å². The minimum atomic E-state index is -1.29. The molecular weight excluding hydrogens is 380 g/mol. The fourth-order valence-corrected chi connectivity index (χ4v) is 1.90. The van der Waals surface area contributed by atoms with Crippen LogP contribution in [0.4, 0.5) is 0 Å². The van der Waals surface area contributed by atoms with Gasteiger partial charge >= 0.3 is 23.9 Å². The molecule has 0 fully saturated rings. The van der Waals surface area contributed by atoms with E-state index in [1.54, 1.807) is 0 Å². The van der Waals surface area contributed by atoms with Crippen molar-refractivity contribution in [2.24, 2.45) is 0 Å². The number of ether oxygens (including phenoxy) is 2. The van der Waals surface area contributed by atoms with Crippen molar-refractivity contribution in [3.05, 3.63) is 71.8 Å². The highest BCUT2D eigenvalue weighted by atomic mass is 16.6. The summed E-state index contributed by atoms with van der Waals surface area (Å²) in [4.78, 5) is 45.6. The smallest absolute Gasteiger partial charge is 0.339 e. The van der Waals surface area contributed by atoms with Crippen LogP contribution in [0.5, 0.6) is 11.5 Å². The van der Waals surface area contributed by atoms with E-state index >= 15 is 0 Å². The Kier molecular flexibility index (Phi) is 9.32. The molecule has 0 unspecified atom stereocenters. The van der Waals surface area contributed by atoms with E-state index in [4.69, 9.17) is 19.7 Å². The number of para-hydroxylation sites is 2. The lowest BCUT2D eigenvalue weighted by molar-refractivity contribution is -0.144. The van der Waals surface area contributed by atoms with E-state index in [1.807, 2.05) is 26.0 Å². The molecule has 0 aliphatic heterocycles. The third-order valence-electron chi connectivity index (χ3n) is 3.30. The van der Waals surface area contributed by atoms with Gasteiger partial charge in [-0.25, -0.2) is 9.59 Å². The highest BCUT2D eigenvalue weighted by molar-refractivity contribution is 5.97. The molecule has 2 rings (SSSR count). The molecule has 0 atom stereocenters. The van der Waals surface area contributed by atoms with Crippen LogP contribution in [0.1, 0.15) is 41.0 Å². The molecule has 0 saturated heterocycles. The van der Waals surface area contributed by atoms with Gasteiger partial charge in [0.1, 0.15) is 29.0 Å². The summed E-state index contributed by atoms with van der Waals surface area (Å²) in [5.74, 6) is -5.07. The molecule has 0 radical (unpaired) electrons. The maximum Gasteiger partial charge on any atom is 0.339 e. The number of carboxylic acids is 2. The molecule has 152 valence electrons. The number of hydrogen-bond donors (Lipinski definition) is 2. The van der Waals surface area contributed by atoms with Crippen LogP contribution in [0.15, 0.2) is 60.7 Å². The number of carbonyl (C=O) groups excluding carboxylic acids is 2. The van der Waals surface area contributed by atoms with Gasteiger partial charge in [-0.1, -0.05) is 36.4 Å². The predicted octanol–water partition coefficient (Wildman–Crippen LogP) is 3.57. The van der Waals surface area contributed by atoms with Crippen LogP contribution < -0.4 is 9.47 Å². The summed E-state index contributed by atoms with van der Waals surface area (Å²) in [6.45, 7) is 4.00. The van der Waals surface area contributed by atoms with Crippen molar-refractivity contribution in [2.45, 2.75) is 20.3 Å². The van der Waals surface area contributed by atoms with Crippen LogP contribution in [-0.4, -0.2) is 34.1 Å². The lowest BCUT2D eigenvalue weighted by Crippen LogP contribution is -2.19. The molecule has 8 nitrogen and oxygen atoms in total. The second-order valence-corrected chi connectivity index (χ2v) is 5.39. The molecule has 0 heterocycles. The molecular formula is C21H20O8. The van der Waals surface area contributed by atoms with Gasteiger partial charge < -0.3 is 19.7 Å². The zero-order chi connectivity index (χ0) is 21.8. The summed E-state index contributed by atoms with van der Waals surface area (Å²) in [6.07, 6.45) is 3.18. The van der Waals surface area contributed by atoms with Crippen molar-refractivity contribution in [1.82, 2.24) is 0 Å². The van der Waals surface area contributed by atoms with Crippen LogP contribution in [0.3, 0.4) is 0 Å². The fraction of sp³-hybridized carbons (Fsp3) is 0.143. The quantitative estimate of drug-likeness (QED) is 0.326. The van der Waals surface area contributed by atoms with E-state index in [0.717, 1.165) is 0 Å². The van der Waals surface area contributed by atoms with E-state index < -0.39 is 30.3 Å². The number of allylic oxidation sites excluding steroid dienone is 2. The molecule has 0 spiro atoms. The lowest BCUT2D eigenvalue weighted by atomic mass is 10.2. The van der Waals surface area contributed by atoms with Gasteiger partial charge in [-0.3, -0.25) is 9.59 Å². The number of carboxylic acid groups (broad SMARTS) is 2. The lowest BCUT2D eigenvalue weighted by Gasteiger charge is -2.08. The van der Waals surface area contributed by atoms with E-state index in [9.17, 15) is 19.2 Å². The number of benzene rings is 2. The first-order chi connectivity index (χ1) is 13.8. The molecule has 0 saturated carbocycles. The number of aromatic carboxylic acids is 2. The minimum absolute atomic E-state index is 0.210. The van der Waals surface area contributed by atoms with Crippen molar-refractivity contribution in [1.29, 1.82) is 0 Å². The van der Waals surface area contributed by atoms with E-state index in [2.05, 4.69) is 0 Å². The van der Waals surface area contributed by atoms with Crippen LogP contribution in [-0.2, 0) is 9.59 Å². The van der Waals surface area contributed by atoms with E-state index in [-0.39, 0.29) is 22.6 Å². The van der Waals surface area contributed by atoms with Gasteiger partial charge in [-0.15, -0.1) is 0 Å². The normalized spacial score (nSPS) is 9.86. The van der Waals surface area contributed by atoms with Gasteiger partial charge in [-0.05, 0) is 38.1 Å². The molecule has 0 amide bonds. The number of carbonyl (C=O) groups is 4. The minimum Gasteiger partial charge on any atom is -0.478 e. The van der Waals surface area contributed by atoms with Crippen LogP contribution >= 0.6 is 0 Å². The molecule has 2 N–H and O–H groups in total. The number of esters is 2. The summed E-state index contributed by atoms with van der Waals surface area (Å²) in [6, 6.07) is 10.9. The molecule has 0 aliphatic rings. The molecule has 0 bridgehead atoms. The molecule has 2 aromatic rings. The van der Waals surface area contributed by atoms with Crippen LogP contribution in [0, 0.1) is 0 Å². The molecule has 0 aliphatic carbocycles.